The third kappa shape index (κ3) is 3.42. The van der Waals surface area contributed by atoms with Crippen LogP contribution >= 0.6 is 23.4 Å². The highest BCUT2D eigenvalue weighted by atomic mass is 35.5. The molecule has 0 N–H and O–H groups in total. The lowest BCUT2D eigenvalue weighted by Gasteiger charge is -2.26. The summed E-state index contributed by atoms with van der Waals surface area (Å²) in [6.07, 6.45) is 0.910. The number of fused-ring (bicyclic) bond motifs is 3. The topological polar surface area (TPSA) is 45.0 Å². The van der Waals surface area contributed by atoms with Crippen LogP contribution in [0.1, 0.15) is 31.4 Å². The number of hydrogen-bond donors (Lipinski definition) is 0. The van der Waals surface area contributed by atoms with E-state index in [1.54, 1.807) is 16.7 Å². The minimum atomic E-state index is -0.336. The fourth-order valence-electron chi connectivity index (χ4n) is 3.19. The summed E-state index contributed by atoms with van der Waals surface area (Å²) in [6.45, 7) is 4.17. The number of carbonyl (C=O) groups excluding carboxylic acids is 1. The molecule has 1 amide bonds. The third-order valence-electron chi connectivity index (χ3n) is 4.96. The summed E-state index contributed by atoms with van der Waals surface area (Å²) >= 11 is 7.52. The molecule has 0 unspecified atom stereocenters. The molecule has 4 nitrogen and oxygen atoms in total. The van der Waals surface area contributed by atoms with E-state index in [1.165, 1.54) is 0 Å². The van der Waals surface area contributed by atoms with Crippen molar-refractivity contribution in [1.29, 1.82) is 0 Å². The molecule has 2 aromatic carbocycles. The van der Waals surface area contributed by atoms with Crippen LogP contribution in [0.4, 0.5) is 5.69 Å². The molecule has 0 fully saturated rings. The van der Waals surface area contributed by atoms with Crippen LogP contribution in [0.25, 0.3) is 0 Å². The van der Waals surface area contributed by atoms with Crippen LogP contribution < -0.4 is 0 Å². The average Bonchev–Trinajstić information content (AvgIpc) is 3.04. The summed E-state index contributed by atoms with van der Waals surface area (Å²) in [7, 11) is 0. The number of para-hydroxylation sites is 1. The van der Waals surface area contributed by atoms with Crippen molar-refractivity contribution in [3.8, 4) is 0 Å². The lowest BCUT2D eigenvalue weighted by atomic mass is 10.00. The first-order chi connectivity index (χ1) is 13.1. The van der Waals surface area contributed by atoms with Crippen molar-refractivity contribution in [1.82, 2.24) is 4.90 Å². The molecule has 4 rings (SSSR count). The number of aliphatic imine (C=N–C) groups is 2. The Morgan fingerprint density at radius 1 is 1.19 bits per heavy atom. The van der Waals surface area contributed by atoms with Gasteiger partial charge in [-0.2, -0.15) is 0 Å². The maximum Gasteiger partial charge on any atom is 0.259 e. The van der Waals surface area contributed by atoms with E-state index < -0.39 is 0 Å². The predicted molar refractivity (Wildman–Crippen MR) is 113 cm³/mol. The first kappa shape index (κ1) is 18.3. The molecule has 0 aromatic heterocycles. The molecular weight excluding hydrogens is 378 g/mol. The van der Waals surface area contributed by atoms with E-state index in [-0.39, 0.29) is 17.9 Å². The van der Waals surface area contributed by atoms with E-state index in [0.717, 1.165) is 29.1 Å². The second-order valence-corrected chi connectivity index (χ2v) is 8.16. The van der Waals surface area contributed by atoms with Crippen molar-refractivity contribution in [2.75, 3.05) is 0 Å². The lowest BCUT2D eigenvalue weighted by molar-refractivity contribution is -0.125. The Balaban J connectivity index is 1.67. The van der Waals surface area contributed by atoms with E-state index in [2.05, 4.69) is 13.8 Å². The van der Waals surface area contributed by atoms with Gasteiger partial charge in [0.1, 0.15) is 11.9 Å². The summed E-state index contributed by atoms with van der Waals surface area (Å²) < 4.78 is 0. The van der Waals surface area contributed by atoms with Gasteiger partial charge in [0.25, 0.3) is 5.91 Å². The highest BCUT2D eigenvalue weighted by molar-refractivity contribution is 8.13. The molecule has 0 saturated carbocycles. The quantitative estimate of drug-likeness (QED) is 0.704. The Kier molecular flexibility index (Phi) is 5.06. The number of rotatable bonds is 4. The summed E-state index contributed by atoms with van der Waals surface area (Å²) in [5.74, 6) is 1.67. The average molecular weight is 398 g/mol. The van der Waals surface area contributed by atoms with E-state index in [9.17, 15) is 4.79 Å². The van der Waals surface area contributed by atoms with Gasteiger partial charge in [-0.1, -0.05) is 67.9 Å². The van der Waals surface area contributed by atoms with Crippen molar-refractivity contribution >= 4 is 46.0 Å². The third-order valence-corrected chi connectivity index (χ3v) is 6.22. The zero-order valence-electron chi connectivity index (χ0n) is 15.2. The fourth-order valence-corrected chi connectivity index (χ4v) is 4.27. The number of hydrogen-bond acceptors (Lipinski definition) is 4. The Morgan fingerprint density at radius 3 is 2.67 bits per heavy atom. The number of thioether (sulfide) groups is 1. The van der Waals surface area contributed by atoms with Crippen LogP contribution in [0, 0.1) is 5.92 Å². The van der Waals surface area contributed by atoms with Crippen molar-refractivity contribution in [2.24, 2.45) is 15.9 Å². The first-order valence-electron chi connectivity index (χ1n) is 9.05. The molecule has 2 aliphatic heterocycles. The molecule has 6 heteroatoms. The summed E-state index contributed by atoms with van der Waals surface area (Å²) in [6, 6.07) is 15.3. The molecular formula is C21H20ClN3OS. The van der Waals surface area contributed by atoms with E-state index in [4.69, 9.17) is 21.6 Å². The predicted octanol–water partition coefficient (Wildman–Crippen LogP) is 5.28. The lowest BCUT2D eigenvalue weighted by Crippen LogP contribution is -2.42. The maximum atomic E-state index is 13.1. The Bertz CT molecular complexity index is 939. The molecule has 0 spiro atoms. The van der Waals surface area contributed by atoms with Crippen LogP contribution in [-0.4, -0.2) is 27.9 Å². The number of benzene rings is 2. The van der Waals surface area contributed by atoms with Gasteiger partial charge >= 0.3 is 0 Å². The second-order valence-electron chi connectivity index (χ2n) is 6.78. The van der Waals surface area contributed by atoms with Gasteiger partial charge in [-0.15, -0.1) is 0 Å². The standard InChI is InChI=1S/C21H20ClN3OS/c1-3-13(2)18-20(26)25-19(24-18)16-6-4-5-7-17(16)23-21(25)27-12-14-8-10-15(22)11-9-14/h4-11,13,18H,3,12H2,1-2H3/t13-,18-/m0/s1. The van der Waals surface area contributed by atoms with Crippen LogP contribution in [0.3, 0.4) is 0 Å². The van der Waals surface area contributed by atoms with E-state index in [0.29, 0.717) is 15.9 Å². The maximum absolute atomic E-state index is 13.1. The SMILES string of the molecule is CC[C@H](C)[C@@H]1N=C2c3ccccc3N=C(SCc3ccc(Cl)cc3)N2C1=O. The summed E-state index contributed by atoms with van der Waals surface area (Å²) in [4.78, 5) is 24.4. The van der Waals surface area contributed by atoms with Gasteiger partial charge in [-0.05, 0) is 35.7 Å². The molecule has 27 heavy (non-hydrogen) atoms. The Hall–Kier alpha value is -2.11. The fraction of sp³-hybridized carbons (Fsp3) is 0.286. The van der Waals surface area contributed by atoms with Gasteiger partial charge in [0.15, 0.2) is 5.17 Å². The van der Waals surface area contributed by atoms with Gasteiger partial charge in [0.05, 0.1) is 5.69 Å². The van der Waals surface area contributed by atoms with Gasteiger partial charge in [-0.25, -0.2) is 9.89 Å². The first-order valence-corrected chi connectivity index (χ1v) is 10.4. The molecule has 0 radical (unpaired) electrons. The number of nitrogens with zero attached hydrogens (tertiary/aromatic N) is 3. The molecule has 0 saturated heterocycles. The highest BCUT2D eigenvalue weighted by Crippen LogP contribution is 2.36. The van der Waals surface area contributed by atoms with Gasteiger partial charge < -0.3 is 0 Å². The summed E-state index contributed by atoms with van der Waals surface area (Å²) in [5.41, 5.74) is 2.92. The molecule has 2 heterocycles. The normalized spacial score (nSPS) is 19.3. The van der Waals surface area contributed by atoms with Crippen LogP contribution in [-0.2, 0) is 10.5 Å². The van der Waals surface area contributed by atoms with Crippen molar-refractivity contribution in [3.05, 3.63) is 64.7 Å². The van der Waals surface area contributed by atoms with Crippen LogP contribution in [0.15, 0.2) is 58.5 Å². The zero-order valence-corrected chi connectivity index (χ0v) is 16.8. The minimum Gasteiger partial charge on any atom is -0.271 e. The van der Waals surface area contributed by atoms with E-state index >= 15 is 0 Å². The molecule has 0 bridgehead atoms. The van der Waals surface area contributed by atoms with Crippen LogP contribution in [0.2, 0.25) is 5.02 Å². The van der Waals surface area contributed by atoms with E-state index in [1.807, 2.05) is 48.5 Å². The van der Waals surface area contributed by atoms with Crippen LogP contribution in [0.5, 0.6) is 0 Å². The van der Waals surface area contributed by atoms with Gasteiger partial charge in [-0.3, -0.25) is 9.79 Å². The van der Waals surface area contributed by atoms with Crippen molar-refractivity contribution in [3.63, 3.8) is 0 Å². The number of amidine groups is 2. The monoisotopic (exact) mass is 397 g/mol. The van der Waals surface area contributed by atoms with Gasteiger partial charge in [0, 0.05) is 16.3 Å². The molecule has 0 aliphatic carbocycles. The second kappa shape index (κ2) is 7.49. The number of halogens is 1. The Labute approximate surface area is 168 Å². The smallest absolute Gasteiger partial charge is 0.259 e. The largest absolute Gasteiger partial charge is 0.271 e. The zero-order chi connectivity index (χ0) is 19.0. The molecule has 2 atom stereocenters. The minimum absolute atomic E-state index is 0.0243. The number of amides is 1. The van der Waals surface area contributed by atoms with Gasteiger partial charge in [0.2, 0.25) is 0 Å². The summed E-state index contributed by atoms with van der Waals surface area (Å²) in [5, 5.41) is 1.41. The molecule has 2 aliphatic rings. The Morgan fingerprint density at radius 2 is 1.93 bits per heavy atom. The number of carbonyl (C=O) groups is 1. The van der Waals surface area contributed by atoms with Crippen molar-refractivity contribution < 1.29 is 4.79 Å². The highest BCUT2D eigenvalue weighted by Gasteiger charge is 2.42. The van der Waals surface area contributed by atoms with Crippen molar-refractivity contribution in [2.45, 2.75) is 32.1 Å². The molecule has 2 aromatic rings. The molecule has 138 valence electrons.